The van der Waals surface area contributed by atoms with Gasteiger partial charge in [-0.15, -0.1) is 0 Å². The predicted octanol–water partition coefficient (Wildman–Crippen LogP) is 2.76. The first-order valence-electron chi connectivity index (χ1n) is 5.95. The van der Waals surface area contributed by atoms with Crippen LogP contribution < -0.4 is 0 Å². The second kappa shape index (κ2) is 4.66. The van der Waals surface area contributed by atoms with E-state index in [1.807, 2.05) is 39.0 Å². The molecule has 0 N–H and O–H groups in total. The van der Waals surface area contributed by atoms with E-state index in [1.165, 1.54) is 0 Å². The van der Waals surface area contributed by atoms with Crippen molar-refractivity contribution in [2.24, 2.45) is 4.40 Å². The van der Waals surface area contributed by atoms with Crippen molar-refractivity contribution >= 4 is 16.7 Å². The summed E-state index contributed by atoms with van der Waals surface area (Å²) in [6, 6.07) is 7.84. The first-order valence-corrected chi connectivity index (χ1v) is 7.06. The van der Waals surface area contributed by atoms with Crippen LogP contribution in [0.25, 0.3) is 0 Å². The van der Waals surface area contributed by atoms with Crippen LogP contribution in [-0.2, 0) is 17.4 Å². The molecule has 0 unspecified atom stereocenters. The van der Waals surface area contributed by atoms with Crippen molar-refractivity contribution < 1.29 is 4.21 Å². The number of hydrogen-bond donors (Lipinski definition) is 0. The van der Waals surface area contributed by atoms with Crippen LogP contribution in [0.4, 0.5) is 0 Å². The summed E-state index contributed by atoms with van der Waals surface area (Å²) in [4.78, 5) is 0. The van der Waals surface area contributed by atoms with Gasteiger partial charge in [-0.05, 0) is 45.2 Å². The number of benzene rings is 1. The van der Waals surface area contributed by atoms with Gasteiger partial charge in [0.15, 0.2) is 0 Å². The molecule has 0 bridgehead atoms. The Hall–Kier alpha value is -1.47. The highest BCUT2D eigenvalue weighted by molar-refractivity contribution is 7.85. The molecular weight excluding hydrogens is 244 g/mol. The van der Waals surface area contributed by atoms with Crippen LogP contribution in [0.2, 0.25) is 0 Å². The average molecular weight is 260 g/mol. The molecule has 4 heteroatoms. The highest BCUT2D eigenvalue weighted by atomic mass is 32.2. The molecular formula is C14H16N2OS. The second-order valence-electron chi connectivity index (χ2n) is 5.34. The van der Waals surface area contributed by atoms with Gasteiger partial charge >= 0.3 is 0 Å². The summed E-state index contributed by atoms with van der Waals surface area (Å²) < 4.78 is 16.0. The summed E-state index contributed by atoms with van der Waals surface area (Å²) in [6.45, 7) is 5.73. The molecule has 1 atom stereocenters. The lowest BCUT2D eigenvalue weighted by atomic mass is 10.0. The van der Waals surface area contributed by atoms with Crippen molar-refractivity contribution in [3.8, 4) is 6.07 Å². The smallest absolute Gasteiger partial charge is 0.145 e. The van der Waals surface area contributed by atoms with E-state index in [0.717, 1.165) is 29.7 Å². The Kier molecular flexibility index (Phi) is 3.36. The summed E-state index contributed by atoms with van der Waals surface area (Å²) in [7, 11) is -1.24. The molecule has 1 aliphatic carbocycles. The first-order chi connectivity index (χ1) is 8.43. The Morgan fingerprint density at radius 3 is 2.67 bits per heavy atom. The monoisotopic (exact) mass is 260 g/mol. The van der Waals surface area contributed by atoms with Crippen molar-refractivity contribution in [1.29, 1.82) is 5.26 Å². The highest BCUT2D eigenvalue weighted by Crippen LogP contribution is 2.27. The molecule has 94 valence electrons. The minimum absolute atomic E-state index is 0.345. The summed E-state index contributed by atoms with van der Waals surface area (Å²) >= 11 is 0. The molecule has 0 aromatic heterocycles. The van der Waals surface area contributed by atoms with E-state index >= 15 is 0 Å². The SMILES string of the molecule is CC(C)(C)[S@@](=O)N=C1CCc2c(C#N)cccc21. The molecule has 1 aliphatic rings. The van der Waals surface area contributed by atoms with Gasteiger partial charge in [-0.2, -0.15) is 9.66 Å². The largest absolute Gasteiger partial charge is 0.234 e. The second-order valence-corrected chi connectivity index (χ2v) is 7.25. The number of nitrogens with zero attached hydrogens (tertiary/aromatic N) is 2. The van der Waals surface area contributed by atoms with Crippen LogP contribution in [0, 0.1) is 11.3 Å². The summed E-state index contributed by atoms with van der Waals surface area (Å²) in [5.74, 6) is 0. The fourth-order valence-electron chi connectivity index (χ4n) is 1.94. The minimum Gasteiger partial charge on any atom is -0.234 e. The van der Waals surface area contributed by atoms with E-state index in [4.69, 9.17) is 5.26 Å². The van der Waals surface area contributed by atoms with Crippen molar-refractivity contribution in [2.45, 2.75) is 38.4 Å². The van der Waals surface area contributed by atoms with Crippen LogP contribution in [0.1, 0.15) is 43.9 Å². The lowest BCUT2D eigenvalue weighted by Gasteiger charge is -2.14. The van der Waals surface area contributed by atoms with Gasteiger partial charge in [0, 0.05) is 5.56 Å². The van der Waals surface area contributed by atoms with E-state index in [-0.39, 0.29) is 4.75 Å². The van der Waals surface area contributed by atoms with Crippen LogP contribution in [0.3, 0.4) is 0 Å². The molecule has 0 aliphatic heterocycles. The molecule has 3 nitrogen and oxygen atoms in total. The van der Waals surface area contributed by atoms with Gasteiger partial charge in [0.2, 0.25) is 0 Å². The fraction of sp³-hybridized carbons (Fsp3) is 0.429. The number of nitriles is 1. The Morgan fingerprint density at radius 2 is 2.06 bits per heavy atom. The van der Waals surface area contributed by atoms with Crippen LogP contribution in [0.5, 0.6) is 0 Å². The molecule has 2 rings (SSSR count). The van der Waals surface area contributed by atoms with Gasteiger partial charge < -0.3 is 0 Å². The Bertz CT molecular complexity index is 576. The first kappa shape index (κ1) is 13.0. The van der Waals surface area contributed by atoms with E-state index < -0.39 is 11.0 Å². The van der Waals surface area contributed by atoms with Gasteiger partial charge in [0.05, 0.1) is 22.1 Å². The number of fused-ring (bicyclic) bond motifs is 1. The van der Waals surface area contributed by atoms with Crippen LogP contribution in [-0.4, -0.2) is 14.7 Å². The Labute approximate surface area is 110 Å². The molecule has 18 heavy (non-hydrogen) atoms. The molecule has 0 radical (unpaired) electrons. The Balaban J connectivity index is 2.42. The van der Waals surface area contributed by atoms with E-state index in [2.05, 4.69) is 10.5 Å². The highest BCUT2D eigenvalue weighted by Gasteiger charge is 2.24. The summed E-state index contributed by atoms with van der Waals surface area (Å²) in [5.41, 5.74) is 3.62. The predicted molar refractivity (Wildman–Crippen MR) is 73.9 cm³/mol. The zero-order chi connectivity index (χ0) is 13.3. The zero-order valence-corrected chi connectivity index (χ0v) is 11.7. The average Bonchev–Trinajstić information content (AvgIpc) is 2.71. The molecule has 0 fully saturated rings. The van der Waals surface area contributed by atoms with Gasteiger partial charge in [-0.3, -0.25) is 0 Å². The quantitative estimate of drug-likeness (QED) is 0.779. The molecule has 1 aromatic carbocycles. The third-order valence-corrected chi connectivity index (χ3v) is 4.37. The molecule has 0 amide bonds. The fourth-order valence-corrected chi connectivity index (χ4v) is 2.60. The molecule has 0 saturated heterocycles. The van der Waals surface area contributed by atoms with Gasteiger partial charge in [0.1, 0.15) is 11.0 Å². The lowest BCUT2D eigenvalue weighted by Crippen LogP contribution is -2.20. The minimum atomic E-state index is -1.24. The molecule has 0 spiro atoms. The third kappa shape index (κ3) is 2.37. The Morgan fingerprint density at radius 1 is 1.33 bits per heavy atom. The van der Waals surface area contributed by atoms with Crippen molar-refractivity contribution in [3.05, 3.63) is 34.9 Å². The van der Waals surface area contributed by atoms with E-state index in [9.17, 15) is 4.21 Å². The normalized spacial score (nSPS) is 18.4. The van der Waals surface area contributed by atoms with Crippen molar-refractivity contribution in [1.82, 2.24) is 0 Å². The summed E-state index contributed by atoms with van der Waals surface area (Å²) in [5, 5.41) is 9.05. The van der Waals surface area contributed by atoms with Gasteiger partial charge in [-0.1, -0.05) is 12.1 Å². The van der Waals surface area contributed by atoms with E-state index in [1.54, 1.807) is 0 Å². The number of hydrogen-bond acceptors (Lipinski definition) is 2. The molecule has 0 saturated carbocycles. The van der Waals surface area contributed by atoms with Crippen LogP contribution in [0.15, 0.2) is 22.6 Å². The molecule has 0 heterocycles. The summed E-state index contributed by atoms with van der Waals surface area (Å²) in [6.07, 6.45) is 1.59. The third-order valence-electron chi connectivity index (χ3n) is 2.94. The molecule has 1 aromatic rings. The van der Waals surface area contributed by atoms with E-state index in [0.29, 0.717) is 5.56 Å². The zero-order valence-electron chi connectivity index (χ0n) is 10.9. The lowest BCUT2D eigenvalue weighted by molar-refractivity contribution is 0.650. The standard InChI is InChI=1S/C14H16N2OS/c1-14(2,3)18(17)16-13-8-7-11-10(9-15)5-4-6-12(11)13/h4-6H,7-8H2,1-3H3/t18-/m1/s1. The topological polar surface area (TPSA) is 53.2 Å². The van der Waals surface area contributed by atoms with Crippen molar-refractivity contribution in [2.75, 3.05) is 0 Å². The van der Waals surface area contributed by atoms with Crippen molar-refractivity contribution in [3.63, 3.8) is 0 Å². The van der Waals surface area contributed by atoms with Gasteiger partial charge in [0.25, 0.3) is 0 Å². The van der Waals surface area contributed by atoms with Crippen LogP contribution >= 0.6 is 0 Å². The van der Waals surface area contributed by atoms with Gasteiger partial charge in [-0.25, -0.2) is 4.21 Å². The number of rotatable bonds is 1. The maximum absolute atomic E-state index is 12.0. The maximum atomic E-state index is 12.0. The maximum Gasteiger partial charge on any atom is 0.145 e.